The number of rotatable bonds is 6. The van der Waals surface area contributed by atoms with E-state index < -0.39 is 51.9 Å². The summed E-state index contributed by atoms with van der Waals surface area (Å²) in [7, 11) is 0. The van der Waals surface area contributed by atoms with Gasteiger partial charge in [0.25, 0.3) is 5.91 Å². The number of nitrogens with zero attached hydrogens (tertiary/aromatic N) is 2. The van der Waals surface area contributed by atoms with E-state index in [9.17, 15) is 29.1 Å². The molecule has 0 radical (unpaired) electrons. The lowest BCUT2D eigenvalue weighted by Crippen LogP contribution is -2.71. The van der Waals surface area contributed by atoms with Crippen molar-refractivity contribution < 1.29 is 24.3 Å². The molecular weight excluding hydrogens is 592 g/mol. The van der Waals surface area contributed by atoms with Gasteiger partial charge in [0.05, 0.1) is 5.52 Å². The molecule has 10 nitrogen and oxygen atoms in total. The molecule has 3 fully saturated rings. The summed E-state index contributed by atoms with van der Waals surface area (Å²) in [5, 5.41) is 15.3. The van der Waals surface area contributed by atoms with Crippen LogP contribution in [0, 0.1) is 13.8 Å². The molecule has 3 N–H and O–H groups in total. The van der Waals surface area contributed by atoms with Crippen LogP contribution in [-0.4, -0.2) is 60.5 Å². The average Bonchev–Trinajstić information content (AvgIpc) is 3.47. The molecule has 3 amide bonds. The van der Waals surface area contributed by atoms with Gasteiger partial charge >= 0.3 is 5.97 Å². The van der Waals surface area contributed by atoms with Crippen molar-refractivity contribution in [1.82, 2.24) is 20.1 Å². The van der Waals surface area contributed by atoms with Gasteiger partial charge in [0.15, 0.2) is 0 Å². The number of fused-ring (bicyclic) bond motifs is 4. The third-order valence-electron chi connectivity index (χ3n) is 10.1. The minimum Gasteiger partial charge on any atom is -0.480 e. The Balaban J connectivity index is 1.21. The van der Waals surface area contributed by atoms with Crippen LogP contribution in [0.15, 0.2) is 47.4 Å². The van der Waals surface area contributed by atoms with Crippen molar-refractivity contribution in [2.75, 3.05) is 0 Å². The maximum atomic E-state index is 14.0. The number of carboxylic acid groups (broad SMARTS) is 1. The molecule has 6 unspecified atom stereocenters. The number of amides is 3. The molecule has 7 rings (SSSR count). The van der Waals surface area contributed by atoms with Crippen molar-refractivity contribution in [3.05, 3.63) is 80.6 Å². The lowest BCUT2D eigenvalue weighted by atomic mass is 9.80. The van der Waals surface area contributed by atoms with Gasteiger partial charge in [-0.3, -0.25) is 19.2 Å². The number of nitrogens with one attached hydrogen (secondary N) is 2. The van der Waals surface area contributed by atoms with E-state index in [-0.39, 0.29) is 17.0 Å². The fourth-order valence-corrected chi connectivity index (χ4v) is 9.77. The number of aryl methyl sites for hydroxylation is 2. The summed E-state index contributed by atoms with van der Waals surface area (Å²) in [4.78, 5) is 68.2. The van der Waals surface area contributed by atoms with Crippen molar-refractivity contribution in [2.45, 2.75) is 93.6 Å². The van der Waals surface area contributed by atoms with Crippen LogP contribution in [-0.2, 0) is 14.4 Å². The number of β-lactam (4-membered cyclic amide) rings is 1. The molecule has 0 spiro atoms. The van der Waals surface area contributed by atoms with E-state index in [2.05, 4.69) is 22.1 Å². The molecule has 1 aliphatic carbocycles. The topological polar surface area (TPSA) is 138 Å². The summed E-state index contributed by atoms with van der Waals surface area (Å²) in [6, 6.07) is 7.75. The smallest absolute Gasteiger partial charge is 0.327 e. The molecule has 234 valence electrons. The molecule has 6 atom stereocenters. The predicted octanol–water partition coefficient (Wildman–Crippen LogP) is 3.93. The third-order valence-corrected chi connectivity index (χ3v) is 11.7. The average molecular weight is 629 g/mol. The molecule has 1 aromatic heterocycles. The Morgan fingerprint density at radius 1 is 1.04 bits per heavy atom. The Kier molecular flexibility index (Phi) is 6.88. The number of hydrogen-bond acceptors (Lipinski definition) is 6. The zero-order valence-corrected chi connectivity index (χ0v) is 26.4. The van der Waals surface area contributed by atoms with Gasteiger partial charge in [-0.05, 0) is 62.8 Å². The molecule has 45 heavy (non-hydrogen) atoms. The van der Waals surface area contributed by atoms with Crippen LogP contribution in [0.2, 0.25) is 0 Å². The number of carbonyl (C=O) groups is 4. The zero-order valence-electron chi connectivity index (χ0n) is 25.6. The van der Waals surface area contributed by atoms with Crippen LogP contribution in [0.5, 0.6) is 0 Å². The van der Waals surface area contributed by atoms with Gasteiger partial charge in [-0.15, -0.1) is 11.8 Å². The lowest BCUT2D eigenvalue weighted by Gasteiger charge is -2.44. The zero-order chi connectivity index (χ0) is 31.9. The Labute approximate surface area is 264 Å². The molecule has 1 saturated carbocycles. The number of aromatic nitrogens is 1. The van der Waals surface area contributed by atoms with E-state index in [1.54, 1.807) is 50.4 Å². The standard InChI is InChI=1S/C34H36N4O6S/c1-16-14-17(2)23-26-22(16)19-12-8-9-13-21(19)37(26)15-20(27(23)39)29(40)35-24(18-10-6-5-7-11-18)30(41)36-25-31(42)38-28(33(43)44)34(3,4)45-32(25)38/h5-7,10-11,14-15,19,21,24-25,28,32H,8-9,12-13H2,1-4H3,(H,35,40)(H,36,41)(H,43,44). The van der Waals surface area contributed by atoms with Crippen LogP contribution in [0.4, 0.5) is 0 Å². The number of pyridine rings is 1. The highest BCUT2D eigenvalue weighted by molar-refractivity contribution is 8.01. The van der Waals surface area contributed by atoms with Crippen molar-refractivity contribution in [3.63, 3.8) is 0 Å². The molecular formula is C34H36N4O6S. The first-order valence-electron chi connectivity index (χ1n) is 15.5. The van der Waals surface area contributed by atoms with E-state index in [1.807, 2.05) is 13.0 Å². The fourth-order valence-electron chi connectivity index (χ4n) is 8.14. The minimum atomic E-state index is -1.19. The predicted molar refractivity (Wildman–Crippen MR) is 170 cm³/mol. The molecule has 3 aliphatic heterocycles. The van der Waals surface area contributed by atoms with Gasteiger partial charge in [0.2, 0.25) is 17.2 Å². The normalized spacial score (nSPS) is 26.5. The minimum absolute atomic E-state index is 0.0244. The van der Waals surface area contributed by atoms with Crippen LogP contribution in [0.3, 0.4) is 0 Å². The number of carbonyl (C=O) groups excluding carboxylic acids is 3. The monoisotopic (exact) mass is 628 g/mol. The second-order valence-corrected chi connectivity index (χ2v) is 15.1. The number of carboxylic acids is 1. The van der Waals surface area contributed by atoms with Crippen molar-refractivity contribution in [3.8, 4) is 0 Å². The first-order chi connectivity index (χ1) is 21.4. The van der Waals surface area contributed by atoms with Crippen LogP contribution in [0.25, 0.3) is 10.9 Å². The van der Waals surface area contributed by atoms with Gasteiger partial charge in [-0.25, -0.2) is 4.79 Å². The molecule has 2 aromatic carbocycles. The number of thioether (sulfide) groups is 1. The third kappa shape index (κ3) is 4.41. The second-order valence-electron chi connectivity index (χ2n) is 13.3. The van der Waals surface area contributed by atoms with Gasteiger partial charge in [0, 0.05) is 28.3 Å². The van der Waals surface area contributed by atoms with E-state index in [4.69, 9.17) is 0 Å². The second kappa shape index (κ2) is 10.5. The highest BCUT2D eigenvalue weighted by Crippen LogP contribution is 2.52. The summed E-state index contributed by atoms with van der Waals surface area (Å²) in [5.74, 6) is -2.54. The van der Waals surface area contributed by atoms with Crippen LogP contribution >= 0.6 is 11.8 Å². The Hall–Kier alpha value is -4.12. The maximum absolute atomic E-state index is 14.0. The van der Waals surface area contributed by atoms with E-state index in [1.165, 1.54) is 27.8 Å². The summed E-state index contributed by atoms with van der Waals surface area (Å²) < 4.78 is 1.38. The summed E-state index contributed by atoms with van der Waals surface area (Å²) in [5.41, 5.74) is 4.22. The molecule has 4 heterocycles. The fraction of sp³-hybridized carbons (Fsp3) is 0.441. The number of benzene rings is 2. The Morgan fingerprint density at radius 3 is 2.47 bits per heavy atom. The largest absolute Gasteiger partial charge is 0.480 e. The van der Waals surface area contributed by atoms with Gasteiger partial charge in [-0.1, -0.05) is 49.2 Å². The SMILES string of the molecule is Cc1cc(C)c2c(=O)c(C(=O)NC(C(=O)NC3C(=O)N4C3SC(C)(C)C4C(=O)O)c3ccccc3)cn3c2c1C1CCCCC13. The van der Waals surface area contributed by atoms with Crippen LogP contribution < -0.4 is 16.1 Å². The lowest BCUT2D eigenvalue weighted by molar-refractivity contribution is -0.161. The highest BCUT2D eigenvalue weighted by Gasteiger charge is 2.64. The number of aliphatic carboxylic acids is 1. The van der Waals surface area contributed by atoms with E-state index in [0.29, 0.717) is 16.9 Å². The van der Waals surface area contributed by atoms with Gasteiger partial charge in [-0.2, -0.15) is 0 Å². The van der Waals surface area contributed by atoms with Gasteiger partial charge in [0.1, 0.15) is 29.1 Å². The maximum Gasteiger partial charge on any atom is 0.327 e. The first kappa shape index (κ1) is 29.6. The molecule has 4 aliphatic rings. The number of hydrogen-bond donors (Lipinski definition) is 3. The van der Waals surface area contributed by atoms with E-state index >= 15 is 0 Å². The van der Waals surface area contributed by atoms with Crippen molar-refractivity contribution >= 4 is 46.4 Å². The van der Waals surface area contributed by atoms with Crippen molar-refractivity contribution in [2.24, 2.45) is 0 Å². The highest BCUT2D eigenvalue weighted by atomic mass is 32.2. The molecule has 11 heteroatoms. The first-order valence-corrected chi connectivity index (χ1v) is 16.4. The quantitative estimate of drug-likeness (QED) is 0.352. The molecule has 0 bridgehead atoms. The Bertz CT molecular complexity index is 1850. The Morgan fingerprint density at radius 2 is 1.76 bits per heavy atom. The van der Waals surface area contributed by atoms with Gasteiger partial charge < -0.3 is 25.2 Å². The molecule has 2 saturated heterocycles. The summed E-state index contributed by atoms with van der Waals surface area (Å²) >= 11 is 1.33. The van der Waals surface area contributed by atoms with Crippen molar-refractivity contribution in [1.29, 1.82) is 0 Å². The summed E-state index contributed by atoms with van der Waals surface area (Å²) in [6.07, 6.45) is 5.90. The molecule has 3 aromatic rings. The van der Waals surface area contributed by atoms with Crippen LogP contribution in [0.1, 0.15) is 90.1 Å². The van der Waals surface area contributed by atoms with E-state index in [0.717, 1.165) is 36.8 Å². The summed E-state index contributed by atoms with van der Waals surface area (Å²) in [6.45, 7) is 7.53.